The number of rotatable bonds is 8. The summed E-state index contributed by atoms with van der Waals surface area (Å²) in [6.45, 7) is 7.02. The highest BCUT2D eigenvalue weighted by molar-refractivity contribution is 5.82. The molecule has 2 atom stereocenters. The molecular formula is C16H29F3N4O2. The van der Waals surface area contributed by atoms with Gasteiger partial charge in [-0.05, 0) is 32.4 Å². The van der Waals surface area contributed by atoms with Crippen molar-refractivity contribution < 1.29 is 22.7 Å². The van der Waals surface area contributed by atoms with Crippen LogP contribution in [0.4, 0.5) is 13.2 Å². The summed E-state index contributed by atoms with van der Waals surface area (Å²) >= 11 is 0. The largest absolute Gasteiger partial charge is 0.470 e. The summed E-state index contributed by atoms with van der Waals surface area (Å²) in [7, 11) is 0. The molecule has 2 aliphatic rings. The molecule has 0 aromatic heterocycles. The van der Waals surface area contributed by atoms with Gasteiger partial charge in [-0.25, -0.2) is 0 Å². The van der Waals surface area contributed by atoms with Gasteiger partial charge >= 0.3 is 6.18 Å². The van der Waals surface area contributed by atoms with Gasteiger partial charge in [0.1, 0.15) is 12.1 Å². The van der Waals surface area contributed by atoms with Crippen LogP contribution >= 0.6 is 0 Å². The molecule has 0 saturated carbocycles. The van der Waals surface area contributed by atoms with E-state index in [0.29, 0.717) is 25.6 Å². The van der Waals surface area contributed by atoms with Gasteiger partial charge in [0.2, 0.25) is 5.90 Å². The molecule has 0 bridgehead atoms. The Balaban J connectivity index is 1.68. The van der Waals surface area contributed by atoms with E-state index in [1.54, 1.807) is 0 Å². The van der Waals surface area contributed by atoms with Crippen molar-refractivity contribution in [3.05, 3.63) is 0 Å². The van der Waals surface area contributed by atoms with E-state index in [0.717, 1.165) is 25.9 Å². The van der Waals surface area contributed by atoms with Gasteiger partial charge in [-0.3, -0.25) is 0 Å². The van der Waals surface area contributed by atoms with Crippen LogP contribution in [0.25, 0.3) is 0 Å². The van der Waals surface area contributed by atoms with Crippen molar-refractivity contribution in [3.63, 3.8) is 0 Å². The Bertz CT molecular complexity index is 440. The standard InChI is InChI=1S/C16H29F3N4O2/c1-3-13(16(17,18)19)22-9-8-21-10-12-11-24-23-14(25-12)15(2)4-6-20-7-5-15/h12-13,20-22H,3-11H2,1-2H3. The molecule has 9 heteroatoms. The molecule has 0 aromatic rings. The minimum Gasteiger partial charge on any atom is -0.470 e. The molecule has 0 aromatic carbocycles. The zero-order valence-electron chi connectivity index (χ0n) is 14.9. The number of halogens is 3. The third-order valence-electron chi connectivity index (χ3n) is 4.78. The van der Waals surface area contributed by atoms with Crippen LogP contribution in [0.3, 0.4) is 0 Å². The lowest BCUT2D eigenvalue weighted by atomic mass is 9.80. The summed E-state index contributed by atoms with van der Waals surface area (Å²) in [4.78, 5) is 5.31. The second-order valence-electron chi connectivity index (χ2n) is 6.90. The van der Waals surface area contributed by atoms with E-state index in [1.807, 2.05) is 0 Å². The zero-order valence-corrected chi connectivity index (χ0v) is 14.9. The third-order valence-corrected chi connectivity index (χ3v) is 4.78. The van der Waals surface area contributed by atoms with Crippen LogP contribution in [-0.4, -0.2) is 63.6 Å². The van der Waals surface area contributed by atoms with Crippen LogP contribution in [-0.2, 0) is 9.57 Å². The van der Waals surface area contributed by atoms with Gasteiger partial charge in [-0.1, -0.05) is 19.0 Å². The number of ether oxygens (including phenoxy) is 1. The summed E-state index contributed by atoms with van der Waals surface area (Å²) < 4.78 is 43.9. The number of hydrogen-bond donors (Lipinski definition) is 3. The van der Waals surface area contributed by atoms with Gasteiger partial charge in [-0.2, -0.15) is 13.2 Å². The van der Waals surface area contributed by atoms with E-state index >= 15 is 0 Å². The maximum absolute atomic E-state index is 12.6. The van der Waals surface area contributed by atoms with Crippen LogP contribution in [0.2, 0.25) is 0 Å². The lowest BCUT2D eigenvalue weighted by molar-refractivity contribution is -0.156. The van der Waals surface area contributed by atoms with E-state index in [9.17, 15) is 13.2 Å². The van der Waals surface area contributed by atoms with Gasteiger partial charge in [0, 0.05) is 25.0 Å². The Morgan fingerprint density at radius 1 is 1.32 bits per heavy atom. The SMILES string of the molecule is CCC(NCCNCC1CON=C(C2(C)CCNCC2)O1)C(F)(F)F. The predicted octanol–water partition coefficient (Wildman–Crippen LogP) is 1.63. The summed E-state index contributed by atoms with van der Waals surface area (Å²) in [5.74, 6) is 0.633. The van der Waals surface area contributed by atoms with E-state index in [1.165, 1.54) is 6.92 Å². The topological polar surface area (TPSA) is 66.9 Å². The van der Waals surface area contributed by atoms with Crippen molar-refractivity contribution in [1.29, 1.82) is 0 Å². The highest BCUT2D eigenvalue weighted by Crippen LogP contribution is 2.32. The Morgan fingerprint density at radius 2 is 2.04 bits per heavy atom. The number of hydrogen-bond acceptors (Lipinski definition) is 6. The van der Waals surface area contributed by atoms with Crippen molar-refractivity contribution in [3.8, 4) is 0 Å². The molecule has 0 aliphatic carbocycles. The molecule has 25 heavy (non-hydrogen) atoms. The predicted molar refractivity (Wildman–Crippen MR) is 89.5 cm³/mol. The molecular weight excluding hydrogens is 337 g/mol. The van der Waals surface area contributed by atoms with Crippen molar-refractivity contribution in [1.82, 2.24) is 16.0 Å². The lowest BCUT2D eigenvalue weighted by Gasteiger charge is -2.37. The van der Waals surface area contributed by atoms with E-state index in [-0.39, 0.29) is 24.5 Å². The second kappa shape index (κ2) is 9.05. The van der Waals surface area contributed by atoms with E-state index in [2.05, 4.69) is 28.0 Å². The maximum atomic E-state index is 12.6. The molecule has 0 radical (unpaired) electrons. The number of nitrogens with zero attached hydrogens (tertiary/aromatic N) is 1. The van der Waals surface area contributed by atoms with Gasteiger partial charge < -0.3 is 25.5 Å². The summed E-state index contributed by atoms with van der Waals surface area (Å²) in [6, 6.07) is -1.46. The molecule has 6 nitrogen and oxygen atoms in total. The minimum absolute atomic E-state index is 0.0241. The summed E-state index contributed by atoms with van der Waals surface area (Å²) in [5, 5.41) is 13.0. The van der Waals surface area contributed by atoms with Gasteiger partial charge in [-0.15, -0.1) is 0 Å². The Labute approximate surface area is 146 Å². The molecule has 146 valence electrons. The van der Waals surface area contributed by atoms with Gasteiger partial charge in [0.15, 0.2) is 6.61 Å². The van der Waals surface area contributed by atoms with Crippen LogP contribution in [0.1, 0.15) is 33.1 Å². The fourth-order valence-electron chi connectivity index (χ4n) is 3.03. The van der Waals surface area contributed by atoms with Crippen LogP contribution in [0, 0.1) is 5.41 Å². The molecule has 2 aliphatic heterocycles. The number of alkyl halides is 3. The third kappa shape index (κ3) is 6.00. The molecule has 2 heterocycles. The second-order valence-corrected chi connectivity index (χ2v) is 6.90. The maximum Gasteiger partial charge on any atom is 0.403 e. The fourth-order valence-corrected chi connectivity index (χ4v) is 3.03. The summed E-state index contributed by atoms with van der Waals surface area (Å²) in [6.07, 6.45) is -2.48. The normalized spacial score (nSPS) is 24.8. The first-order valence-electron chi connectivity index (χ1n) is 8.94. The Hall–Kier alpha value is -1.06. The monoisotopic (exact) mass is 366 g/mol. The highest BCUT2D eigenvalue weighted by Gasteiger charge is 2.38. The van der Waals surface area contributed by atoms with Crippen molar-refractivity contribution in [2.45, 2.75) is 51.4 Å². The van der Waals surface area contributed by atoms with Gasteiger partial charge in [0.25, 0.3) is 0 Å². The molecule has 2 unspecified atom stereocenters. The first kappa shape index (κ1) is 20.3. The van der Waals surface area contributed by atoms with Crippen LogP contribution in [0.5, 0.6) is 0 Å². The molecule has 0 spiro atoms. The van der Waals surface area contributed by atoms with E-state index in [4.69, 9.17) is 9.57 Å². The summed E-state index contributed by atoms with van der Waals surface area (Å²) in [5.41, 5.74) is -0.119. The number of nitrogens with one attached hydrogen (secondary N) is 3. The lowest BCUT2D eigenvalue weighted by Crippen LogP contribution is -2.47. The molecule has 1 fully saturated rings. The zero-order chi connectivity index (χ0) is 18.3. The molecule has 2 rings (SSSR count). The average Bonchev–Trinajstić information content (AvgIpc) is 2.58. The van der Waals surface area contributed by atoms with Gasteiger partial charge in [0.05, 0.1) is 0 Å². The molecule has 0 amide bonds. The molecule has 3 N–H and O–H groups in total. The number of oxime groups is 1. The van der Waals surface area contributed by atoms with Crippen LogP contribution in [0.15, 0.2) is 5.16 Å². The van der Waals surface area contributed by atoms with Crippen molar-refractivity contribution in [2.75, 3.05) is 39.3 Å². The first-order valence-corrected chi connectivity index (χ1v) is 8.94. The number of piperidine rings is 1. The Morgan fingerprint density at radius 3 is 2.68 bits per heavy atom. The Kier molecular flexibility index (Phi) is 7.33. The van der Waals surface area contributed by atoms with Crippen LogP contribution < -0.4 is 16.0 Å². The van der Waals surface area contributed by atoms with E-state index < -0.39 is 12.2 Å². The smallest absolute Gasteiger partial charge is 0.403 e. The average molecular weight is 366 g/mol. The van der Waals surface area contributed by atoms with Crippen molar-refractivity contribution >= 4 is 5.90 Å². The first-order chi connectivity index (χ1) is 11.8. The minimum atomic E-state index is -4.20. The fraction of sp³-hybridized carbons (Fsp3) is 0.938. The highest BCUT2D eigenvalue weighted by atomic mass is 19.4. The molecule has 1 saturated heterocycles. The quantitative estimate of drug-likeness (QED) is 0.570. The van der Waals surface area contributed by atoms with Crippen molar-refractivity contribution in [2.24, 2.45) is 10.6 Å².